The number of benzene rings is 2. The van der Waals surface area contributed by atoms with Gasteiger partial charge in [-0.2, -0.15) is 10.2 Å². The molecule has 0 fully saturated rings. The van der Waals surface area contributed by atoms with Gasteiger partial charge in [-0.15, -0.1) is 0 Å². The molecule has 0 amide bonds. The van der Waals surface area contributed by atoms with Crippen molar-refractivity contribution in [2.75, 3.05) is 10.6 Å². The van der Waals surface area contributed by atoms with Crippen LogP contribution in [0.4, 0.5) is 15.8 Å². The summed E-state index contributed by atoms with van der Waals surface area (Å²) < 4.78 is 16.9. The van der Waals surface area contributed by atoms with Crippen LogP contribution in [0.25, 0.3) is 0 Å². The van der Waals surface area contributed by atoms with Crippen molar-refractivity contribution in [2.45, 2.75) is 26.9 Å². The lowest BCUT2D eigenvalue weighted by Crippen LogP contribution is -2.19. The number of halogens is 2. The zero-order chi connectivity index (χ0) is 22.7. The van der Waals surface area contributed by atoms with E-state index in [-0.39, 0.29) is 5.82 Å². The molecule has 9 heteroatoms. The van der Waals surface area contributed by atoms with Gasteiger partial charge in [-0.1, -0.05) is 48.0 Å². The maximum Gasteiger partial charge on any atom is 0.175 e. The molecule has 0 aliphatic rings. The Kier molecular flexibility index (Phi) is 6.53. The lowest BCUT2D eigenvalue weighted by atomic mass is 10.2. The summed E-state index contributed by atoms with van der Waals surface area (Å²) in [5.41, 5.74) is 5.43. The van der Waals surface area contributed by atoms with E-state index < -0.39 is 0 Å². The smallest absolute Gasteiger partial charge is 0.175 e. The molecule has 164 valence electrons. The number of hydrogen-bond acceptors (Lipinski definition) is 3. The molecule has 0 aliphatic carbocycles. The molecule has 0 saturated carbocycles. The Morgan fingerprint density at radius 3 is 2.62 bits per heavy atom. The highest BCUT2D eigenvalue weighted by atomic mass is 35.5. The third-order valence-electron chi connectivity index (χ3n) is 5.03. The lowest BCUT2D eigenvalue weighted by molar-refractivity contribution is 0.624. The molecule has 0 aliphatic heterocycles. The number of thiocarbonyl (C=S) groups is 1. The summed E-state index contributed by atoms with van der Waals surface area (Å²) >= 11 is 11.6. The van der Waals surface area contributed by atoms with Gasteiger partial charge >= 0.3 is 0 Å². The summed E-state index contributed by atoms with van der Waals surface area (Å²) in [4.78, 5) is 0. The first-order valence-corrected chi connectivity index (χ1v) is 10.8. The molecule has 4 aromatic rings. The van der Waals surface area contributed by atoms with Crippen molar-refractivity contribution in [1.29, 1.82) is 0 Å². The molecule has 0 unspecified atom stereocenters. The minimum atomic E-state index is -0.365. The third kappa shape index (κ3) is 5.15. The summed E-state index contributed by atoms with van der Waals surface area (Å²) in [6, 6.07) is 14.5. The second kappa shape index (κ2) is 9.50. The van der Waals surface area contributed by atoms with Crippen molar-refractivity contribution < 1.29 is 4.39 Å². The van der Waals surface area contributed by atoms with E-state index >= 15 is 0 Å². The molecule has 2 aromatic carbocycles. The molecular formula is C23H22ClFN6S. The summed E-state index contributed by atoms with van der Waals surface area (Å²) in [5.74, 6) is -0.365. The van der Waals surface area contributed by atoms with Crippen LogP contribution < -0.4 is 10.6 Å². The Bertz CT molecular complexity index is 1250. The van der Waals surface area contributed by atoms with E-state index in [0.29, 0.717) is 23.2 Å². The van der Waals surface area contributed by atoms with Crippen molar-refractivity contribution in [3.05, 3.63) is 94.3 Å². The van der Waals surface area contributed by atoms with Crippen LogP contribution in [-0.2, 0) is 13.1 Å². The van der Waals surface area contributed by atoms with Crippen molar-refractivity contribution in [3.63, 3.8) is 0 Å². The molecule has 4 rings (SSSR count). The monoisotopic (exact) mass is 468 g/mol. The fourth-order valence-corrected chi connectivity index (χ4v) is 3.85. The lowest BCUT2D eigenvalue weighted by Gasteiger charge is -2.10. The van der Waals surface area contributed by atoms with Crippen LogP contribution in [0.2, 0.25) is 5.02 Å². The first-order valence-electron chi connectivity index (χ1n) is 10.0. The van der Waals surface area contributed by atoms with E-state index in [1.165, 1.54) is 17.7 Å². The van der Waals surface area contributed by atoms with Crippen molar-refractivity contribution >= 4 is 40.3 Å². The topological polar surface area (TPSA) is 59.7 Å². The Morgan fingerprint density at radius 2 is 1.88 bits per heavy atom. The number of aryl methyl sites for hydroxylation is 1. The van der Waals surface area contributed by atoms with E-state index in [4.69, 9.17) is 23.8 Å². The van der Waals surface area contributed by atoms with Gasteiger partial charge in [0, 0.05) is 11.2 Å². The highest BCUT2D eigenvalue weighted by Crippen LogP contribution is 2.22. The predicted molar refractivity (Wildman–Crippen MR) is 130 cm³/mol. The first kappa shape index (κ1) is 22.0. The van der Waals surface area contributed by atoms with Crippen LogP contribution in [0.15, 0.2) is 60.9 Å². The zero-order valence-electron chi connectivity index (χ0n) is 17.6. The largest absolute Gasteiger partial charge is 0.330 e. The standard InChI is InChI=1S/C23H22ClFN6S/c1-15-22(16(2)31(29-15)12-17-6-4-3-5-7-17)28-23(32)27-20-11-26-30(14-20)13-18-8-9-19(25)10-21(18)24/h3-11,14H,12-13H2,1-2H3,(H2,27,28,32). The van der Waals surface area contributed by atoms with Crippen LogP contribution in [0.1, 0.15) is 22.5 Å². The summed E-state index contributed by atoms with van der Waals surface area (Å²) in [7, 11) is 0. The van der Waals surface area contributed by atoms with Gasteiger partial charge in [0.05, 0.1) is 42.0 Å². The minimum Gasteiger partial charge on any atom is -0.330 e. The zero-order valence-corrected chi connectivity index (χ0v) is 19.2. The van der Waals surface area contributed by atoms with Gasteiger partial charge in [-0.05, 0) is 49.3 Å². The number of hydrogen-bond donors (Lipinski definition) is 2. The van der Waals surface area contributed by atoms with Gasteiger partial charge in [-0.25, -0.2) is 4.39 Å². The molecule has 32 heavy (non-hydrogen) atoms. The van der Waals surface area contributed by atoms with Gasteiger partial charge in [0.1, 0.15) is 5.82 Å². The predicted octanol–water partition coefficient (Wildman–Crippen LogP) is 5.39. The van der Waals surface area contributed by atoms with Crippen LogP contribution in [-0.4, -0.2) is 24.7 Å². The average molecular weight is 469 g/mol. The number of nitrogens with zero attached hydrogens (tertiary/aromatic N) is 4. The normalized spacial score (nSPS) is 10.9. The number of rotatable bonds is 6. The molecule has 2 heterocycles. The van der Waals surface area contributed by atoms with E-state index in [1.54, 1.807) is 16.9 Å². The molecule has 0 atom stereocenters. The van der Waals surface area contributed by atoms with Gasteiger partial charge < -0.3 is 10.6 Å². The fraction of sp³-hybridized carbons (Fsp3) is 0.174. The van der Waals surface area contributed by atoms with Crippen LogP contribution in [0.5, 0.6) is 0 Å². The summed E-state index contributed by atoms with van der Waals surface area (Å²) in [6.07, 6.45) is 3.48. The molecule has 0 radical (unpaired) electrons. The minimum absolute atomic E-state index is 0.365. The maximum atomic E-state index is 13.2. The highest BCUT2D eigenvalue weighted by molar-refractivity contribution is 7.80. The van der Waals surface area contributed by atoms with E-state index in [2.05, 4.69) is 33.0 Å². The Morgan fingerprint density at radius 1 is 1.09 bits per heavy atom. The molecule has 0 spiro atoms. The highest BCUT2D eigenvalue weighted by Gasteiger charge is 2.14. The molecule has 0 bridgehead atoms. The molecular weight excluding hydrogens is 447 g/mol. The third-order valence-corrected chi connectivity index (χ3v) is 5.59. The number of anilines is 2. The van der Waals surface area contributed by atoms with Crippen LogP contribution in [0.3, 0.4) is 0 Å². The van der Waals surface area contributed by atoms with Gasteiger partial charge in [0.2, 0.25) is 0 Å². The van der Waals surface area contributed by atoms with Crippen LogP contribution in [0, 0.1) is 19.7 Å². The summed E-state index contributed by atoms with van der Waals surface area (Å²) in [5, 5.41) is 16.2. The average Bonchev–Trinajstić information content (AvgIpc) is 3.30. The first-order chi connectivity index (χ1) is 15.4. The fourth-order valence-electron chi connectivity index (χ4n) is 3.40. The molecule has 2 aromatic heterocycles. The van der Waals surface area contributed by atoms with Crippen molar-refractivity contribution in [2.24, 2.45) is 0 Å². The maximum absolute atomic E-state index is 13.2. The van der Waals surface area contributed by atoms with E-state index in [9.17, 15) is 4.39 Å². The number of nitrogens with one attached hydrogen (secondary N) is 2. The molecule has 2 N–H and O–H groups in total. The molecule has 0 saturated heterocycles. The van der Waals surface area contributed by atoms with Crippen molar-refractivity contribution in [3.8, 4) is 0 Å². The Hall–Kier alpha value is -3.23. The van der Waals surface area contributed by atoms with E-state index in [0.717, 1.165) is 28.3 Å². The second-order valence-corrected chi connectivity index (χ2v) is 8.25. The molecule has 6 nitrogen and oxygen atoms in total. The Labute approximate surface area is 196 Å². The number of aromatic nitrogens is 4. The summed E-state index contributed by atoms with van der Waals surface area (Å²) in [6.45, 7) is 5.07. The van der Waals surface area contributed by atoms with Gasteiger partial charge in [-0.3, -0.25) is 9.36 Å². The van der Waals surface area contributed by atoms with Gasteiger partial charge in [0.15, 0.2) is 5.11 Å². The van der Waals surface area contributed by atoms with E-state index in [1.807, 2.05) is 42.9 Å². The SMILES string of the molecule is Cc1nn(Cc2ccccc2)c(C)c1NC(=S)Nc1cnn(Cc2ccc(F)cc2Cl)c1. The second-order valence-electron chi connectivity index (χ2n) is 7.43. The van der Waals surface area contributed by atoms with Gasteiger partial charge in [0.25, 0.3) is 0 Å². The van der Waals surface area contributed by atoms with Crippen LogP contribution >= 0.6 is 23.8 Å². The quantitative estimate of drug-likeness (QED) is 0.371. The van der Waals surface area contributed by atoms with Crippen molar-refractivity contribution in [1.82, 2.24) is 19.6 Å². The Balaban J connectivity index is 1.40.